The maximum atomic E-state index is 12.1. The van der Waals surface area contributed by atoms with Gasteiger partial charge in [0.2, 0.25) is 0 Å². The molecule has 2 aromatic rings. The number of aryl methyl sites for hydroxylation is 1. The SMILES string of the molecule is CCCC(NC(=O)c1cnc(CC)s1)c1nn[nH]n1. The number of rotatable bonds is 6. The van der Waals surface area contributed by atoms with Gasteiger partial charge in [-0.2, -0.15) is 5.21 Å². The second kappa shape index (κ2) is 6.37. The van der Waals surface area contributed by atoms with E-state index in [9.17, 15) is 4.79 Å². The molecule has 0 radical (unpaired) electrons. The first-order chi connectivity index (χ1) is 9.24. The maximum Gasteiger partial charge on any atom is 0.263 e. The van der Waals surface area contributed by atoms with Crippen LogP contribution >= 0.6 is 11.3 Å². The van der Waals surface area contributed by atoms with E-state index in [1.165, 1.54) is 11.3 Å². The fraction of sp³-hybridized carbons (Fsp3) is 0.545. The summed E-state index contributed by atoms with van der Waals surface area (Å²) in [6.07, 6.45) is 4.13. The van der Waals surface area contributed by atoms with Crippen LogP contribution in [-0.4, -0.2) is 31.5 Å². The minimum atomic E-state index is -0.219. The van der Waals surface area contributed by atoms with E-state index in [2.05, 4.69) is 30.9 Å². The van der Waals surface area contributed by atoms with Crippen molar-refractivity contribution in [1.29, 1.82) is 0 Å². The predicted octanol–water partition coefficient (Wildman–Crippen LogP) is 1.49. The molecule has 8 heteroatoms. The van der Waals surface area contributed by atoms with Crippen molar-refractivity contribution in [1.82, 2.24) is 30.9 Å². The van der Waals surface area contributed by atoms with Crippen LogP contribution in [0.15, 0.2) is 6.20 Å². The quantitative estimate of drug-likeness (QED) is 0.835. The molecule has 19 heavy (non-hydrogen) atoms. The van der Waals surface area contributed by atoms with Crippen LogP contribution in [0.4, 0.5) is 0 Å². The van der Waals surface area contributed by atoms with E-state index in [1.807, 2.05) is 13.8 Å². The van der Waals surface area contributed by atoms with Crippen LogP contribution in [0, 0.1) is 0 Å². The number of nitrogens with one attached hydrogen (secondary N) is 2. The number of nitrogens with zero attached hydrogens (tertiary/aromatic N) is 4. The molecule has 2 N–H and O–H groups in total. The largest absolute Gasteiger partial charge is 0.341 e. The van der Waals surface area contributed by atoms with Crippen LogP contribution in [0.25, 0.3) is 0 Å². The van der Waals surface area contributed by atoms with Crippen LogP contribution in [0.2, 0.25) is 0 Å². The fourth-order valence-corrected chi connectivity index (χ4v) is 2.44. The normalized spacial score (nSPS) is 12.3. The summed E-state index contributed by atoms with van der Waals surface area (Å²) in [5.74, 6) is 0.371. The van der Waals surface area contributed by atoms with Crippen molar-refractivity contribution in [2.75, 3.05) is 0 Å². The molecular weight excluding hydrogens is 264 g/mol. The average molecular weight is 280 g/mol. The van der Waals surface area contributed by atoms with Gasteiger partial charge in [-0.15, -0.1) is 21.5 Å². The summed E-state index contributed by atoms with van der Waals surface area (Å²) in [6, 6.07) is -0.219. The van der Waals surface area contributed by atoms with Crippen LogP contribution in [0.5, 0.6) is 0 Å². The Bertz CT molecular complexity index is 523. The van der Waals surface area contributed by atoms with Gasteiger partial charge in [-0.05, 0) is 12.8 Å². The maximum absolute atomic E-state index is 12.1. The van der Waals surface area contributed by atoms with E-state index in [0.29, 0.717) is 10.7 Å². The monoisotopic (exact) mass is 280 g/mol. The third-order valence-electron chi connectivity index (χ3n) is 2.64. The van der Waals surface area contributed by atoms with E-state index in [1.54, 1.807) is 6.20 Å². The molecule has 0 aliphatic heterocycles. The Labute approximate surface area is 114 Å². The first-order valence-corrected chi connectivity index (χ1v) is 7.05. The van der Waals surface area contributed by atoms with Crippen molar-refractivity contribution in [3.05, 3.63) is 21.9 Å². The molecule has 0 bridgehead atoms. The zero-order chi connectivity index (χ0) is 13.7. The molecule has 0 aromatic carbocycles. The highest BCUT2D eigenvalue weighted by molar-refractivity contribution is 7.13. The van der Waals surface area contributed by atoms with Crippen molar-refractivity contribution in [2.45, 2.75) is 39.2 Å². The van der Waals surface area contributed by atoms with Gasteiger partial charge in [0.05, 0.1) is 17.2 Å². The molecule has 0 fully saturated rings. The number of carbonyl (C=O) groups is 1. The highest BCUT2D eigenvalue weighted by Crippen LogP contribution is 2.17. The lowest BCUT2D eigenvalue weighted by Gasteiger charge is -2.13. The summed E-state index contributed by atoms with van der Waals surface area (Å²) in [4.78, 5) is 16.9. The number of thiazole rings is 1. The second-order valence-corrected chi connectivity index (χ2v) is 5.17. The first-order valence-electron chi connectivity index (χ1n) is 6.23. The molecule has 7 nitrogen and oxygen atoms in total. The lowest BCUT2D eigenvalue weighted by Crippen LogP contribution is -2.28. The molecular formula is C11H16N6OS. The van der Waals surface area contributed by atoms with Gasteiger partial charge in [0.15, 0.2) is 5.82 Å². The number of hydrogen-bond acceptors (Lipinski definition) is 6. The van der Waals surface area contributed by atoms with E-state index < -0.39 is 0 Å². The molecule has 1 unspecified atom stereocenters. The molecule has 0 aliphatic carbocycles. The minimum absolute atomic E-state index is 0.138. The topological polar surface area (TPSA) is 96.5 Å². The summed E-state index contributed by atoms with van der Waals surface area (Å²) >= 11 is 1.41. The van der Waals surface area contributed by atoms with Gasteiger partial charge in [0, 0.05) is 0 Å². The third kappa shape index (κ3) is 3.34. The van der Waals surface area contributed by atoms with Crippen molar-refractivity contribution in [3.63, 3.8) is 0 Å². The smallest absolute Gasteiger partial charge is 0.263 e. The van der Waals surface area contributed by atoms with E-state index in [4.69, 9.17) is 0 Å². The zero-order valence-electron chi connectivity index (χ0n) is 10.9. The number of amides is 1. The van der Waals surface area contributed by atoms with E-state index in [0.717, 1.165) is 24.3 Å². The Hall–Kier alpha value is -1.83. The number of tetrazole rings is 1. The van der Waals surface area contributed by atoms with Crippen LogP contribution in [0.1, 0.15) is 53.2 Å². The molecule has 1 atom stereocenters. The number of hydrogen-bond donors (Lipinski definition) is 2. The highest BCUT2D eigenvalue weighted by Gasteiger charge is 2.20. The van der Waals surface area contributed by atoms with E-state index in [-0.39, 0.29) is 11.9 Å². The van der Waals surface area contributed by atoms with Crippen molar-refractivity contribution in [3.8, 4) is 0 Å². The average Bonchev–Trinajstić information content (AvgIpc) is 3.09. The lowest BCUT2D eigenvalue weighted by atomic mass is 10.1. The van der Waals surface area contributed by atoms with Crippen molar-refractivity contribution in [2.24, 2.45) is 0 Å². The second-order valence-electron chi connectivity index (χ2n) is 4.06. The number of aromatic amines is 1. The van der Waals surface area contributed by atoms with Gasteiger partial charge in [-0.3, -0.25) is 4.79 Å². The van der Waals surface area contributed by atoms with E-state index >= 15 is 0 Å². The van der Waals surface area contributed by atoms with Gasteiger partial charge in [0.25, 0.3) is 5.91 Å². The molecule has 2 rings (SSSR count). The molecule has 0 spiro atoms. The number of carbonyl (C=O) groups excluding carboxylic acids is 1. The summed E-state index contributed by atoms with van der Waals surface area (Å²) in [5, 5.41) is 17.7. The zero-order valence-corrected chi connectivity index (χ0v) is 11.7. The Kier molecular flexibility index (Phi) is 4.56. The number of aromatic nitrogens is 5. The molecule has 1 amide bonds. The minimum Gasteiger partial charge on any atom is -0.341 e. The highest BCUT2D eigenvalue weighted by atomic mass is 32.1. The molecule has 0 saturated carbocycles. The number of H-pyrrole nitrogens is 1. The molecule has 102 valence electrons. The molecule has 0 aliphatic rings. The summed E-state index contributed by atoms with van der Waals surface area (Å²) in [5.41, 5.74) is 0. The van der Waals surface area contributed by atoms with Crippen molar-refractivity contribution < 1.29 is 4.79 Å². The Morgan fingerprint density at radius 2 is 2.37 bits per heavy atom. The van der Waals surface area contributed by atoms with Gasteiger partial charge < -0.3 is 5.32 Å². The third-order valence-corrected chi connectivity index (χ3v) is 3.78. The van der Waals surface area contributed by atoms with Gasteiger partial charge in [-0.1, -0.05) is 25.5 Å². The molecule has 0 saturated heterocycles. The standard InChI is InChI=1S/C11H16N6OS/c1-3-5-7(10-14-16-17-15-10)13-11(18)8-6-12-9(4-2)19-8/h6-7H,3-5H2,1-2H3,(H,13,18)(H,14,15,16,17). The molecule has 2 heterocycles. The van der Waals surface area contributed by atoms with Gasteiger partial charge >= 0.3 is 0 Å². The van der Waals surface area contributed by atoms with Gasteiger partial charge in [0.1, 0.15) is 4.88 Å². The molecule has 2 aromatic heterocycles. The Morgan fingerprint density at radius 3 is 2.95 bits per heavy atom. The van der Waals surface area contributed by atoms with Crippen LogP contribution in [-0.2, 0) is 6.42 Å². The fourth-order valence-electron chi connectivity index (χ4n) is 1.68. The first kappa shape index (κ1) is 13.6. The predicted molar refractivity (Wildman–Crippen MR) is 70.8 cm³/mol. The summed E-state index contributed by atoms with van der Waals surface area (Å²) in [6.45, 7) is 4.06. The summed E-state index contributed by atoms with van der Waals surface area (Å²) < 4.78 is 0. The Balaban J connectivity index is 2.06. The van der Waals surface area contributed by atoms with Crippen LogP contribution in [0.3, 0.4) is 0 Å². The lowest BCUT2D eigenvalue weighted by molar-refractivity contribution is 0.0936. The van der Waals surface area contributed by atoms with Crippen LogP contribution < -0.4 is 5.32 Å². The Morgan fingerprint density at radius 1 is 1.53 bits per heavy atom. The van der Waals surface area contributed by atoms with Crippen molar-refractivity contribution >= 4 is 17.2 Å². The van der Waals surface area contributed by atoms with Gasteiger partial charge in [-0.25, -0.2) is 4.98 Å². The summed E-state index contributed by atoms with van der Waals surface area (Å²) in [7, 11) is 0.